The molecule has 5 heteroatoms. The van der Waals surface area contributed by atoms with Crippen LogP contribution in [0.5, 0.6) is 0 Å². The van der Waals surface area contributed by atoms with E-state index in [-0.39, 0.29) is 65.0 Å². The van der Waals surface area contributed by atoms with Gasteiger partial charge >= 0.3 is 38.6 Å². The van der Waals surface area contributed by atoms with E-state index >= 15 is 0 Å². The molecule has 0 unspecified atom stereocenters. The summed E-state index contributed by atoms with van der Waals surface area (Å²) < 4.78 is 0. The van der Waals surface area contributed by atoms with Crippen LogP contribution in [-0.2, 0) is 0 Å². The minimum Gasteiger partial charge on any atom is -0.855 e. The van der Waals surface area contributed by atoms with Crippen LogP contribution in [0.15, 0.2) is 0 Å². The Morgan fingerprint density at radius 2 is 0.538 bits per heavy atom. The molecule has 0 aromatic heterocycles. The third-order valence-electron chi connectivity index (χ3n) is 0. The molecule has 13 heavy (non-hydrogen) atoms. The SMILES string of the molecule is CC[O-].CC[O-].CC[O-].CC[O-].[Tb+4]. The number of hydrogen-bond acceptors (Lipinski definition) is 4. The summed E-state index contributed by atoms with van der Waals surface area (Å²) >= 11 is 0. The van der Waals surface area contributed by atoms with Crippen molar-refractivity contribution in [2.75, 3.05) is 26.4 Å². The Kier molecular flexibility index (Phi) is 165. The smallest absolute Gasteiger partial charge is 0.855 e. The van der Waals surface area contributed by atoms with Gasteiger partial charge in [-0.25, -0.2) is 0 Å². The van der Waals surface area contributed by atoms with Crippen molar-refractivity contribution in [3.05, 3.63) is 0 Å². The molecule has 0 aliphatic carbocycles. The first-order valence-electron chi connectivity index (χ1n) is 3.98. The van der Waals surface area contributed by atoms with Crippen molar-refractivity contribution in [2.24, 2.45) is 0 Å². The zero-order valence-corrected chi connectivity index (χ0v) is 10.9. The molecule has 0 rings (SSSR count). The second-order valence-corrected chi connectivity index (χ2v) is 1.15. The van der Waals surface area contributed by atoms with Crippen LogP contribution < -0.4 is 20.4 Å². The minimum absolute atomic E-state index is 0. The summed E-state index contributed by atoms with van der Waals surface area (Å²) in [6.07, 6.45) is 0. The molecule has 0 saturated heterocycles. The van der Waals surface area contributed by atoms with Crippen LogP contribution in [0.4, 0.5) is 0 Å². The average Bonchev–Trinajstić information content (AvgIpc) is 1.92. The molecule has 1 radical (unpaired) electrons. The molecular weight excluding hydrogens is 319 g/mol. The second kappa shape index (κ2) is 73.5. The van der Waals surface area contributed by atoms with E-state index in [1.807, 2.05) is 0 Å². The van der Waals surface area contributed by atoms with Gasteiger partial charge in [0.1, 0.15) is 0 Å². The summed E-state index contributed by atoms with van der Waals surface area (Å²) in [6, 6.07) is 0. The fourth-order valence-corrected chi connectivity index (χ4v) is 0. The summed E-state index contributed by atoms with van der Waals surface area (Å²) in [4.78, 5) is 0. The van der Waals surface area contributed by atoms with E-state index in [4.69, 9.17) is 20.4 Å². The maximum atomic E-state index is 8.93. The molecule has 0 saturated carbocycles. The molecule has 0 N–H and O–H groups in total. The molecule has 0 aromatic carbocycles. The Labute approximate surface area is 112 Å². The van der Waals surface area contributed by atoms with Crippen molar-refractivity contribution in [1.29, 1.82) is 0 Å². The molecule has 0 aliphatic heterocycles. The fourth-order valence-electron chi connectivity index (χ4n) is 0. The van der Waals surface area contributed by atoms with Crippen LogP contribution in [0, 0.1) is 38.6 Å². The molecule has 0 heterocycles. The normalized spacial score (nSPS) is 5.54. The summed E-state index contributed by atoms with van der Waals surface area (Å²) in [5.41, 5.74) is 0. The maximum absolute atomic E-state index is 8.93. The predicted octanol–water partition coefficient (Wildman–Crippen LogP) is -2.53. The zero-order chi connectivity index (χ0) is 10.8. The molecule has 85 valence electrons. The van der Waals surface area contributed by atoms with Gasteiger partial charge in [-0.1, -0.05) is 27.7 Å². The van der Waals surface area contributed by atoms with Gasteiger partial charge in [0.2, 0.25) is 0 Å². The second-order valence-electron chi connectivity index (χ2n) is 1.15. The molecule has 0 spiro atoms. The molecule has 0 bridgehead atoms. The molecule has 0 fully saturated rings. The van der Waals surface area contributed by atoms with Gasteiger partial charge < -0.3 is 20.4 Å². The summed E-state index contributed by atoms with van der Waals surface area (Å²) in [5, 5.41) is 35.7. The fraction of sp³-hybridized carbons (Fsp3) is 1.00. The van der Waals surface area contributed by atoms with E-state index in [2.05, 4.69) is 0 Å². The van der Waals surface area contributed by atoms with E-state index in [1.165, 1.54) is 0 Å². The monoisotopic (exact) mass is 339 g/mol. The van der Waals surface area contributed by atoms with Gasteiger partial charge in [-0.05, 0) is 0 Å². The predicted molar refractivity (Wildman–Crippen MR) is 42.2 cm³/mol. The quantitative estimate of drug-likeness (QED) is 0.486. The van der Waals surface area contributed by atoms with Gasteiger partial charge in [0, 0.05) is 0 Å². The van der Waals surface area contributed by atoms with E-state index < -0.39 is 0 Å². The standard InChI is InChI=1S/4C2H5O.Tb/c4*1-2-3;/h4*2H2,1H3;/q4*-1;+4. The molecule has 0 aromatic rings. The third-order valence-corrected chi connectivity index (χ3v) is 0. The summed E-state index contributed by atoms with van der Waals surface area (Å²) in [5.74, 6) is 0. The van der Waals surface area contributed by atoms with Crippen molar-refractivity contribution < 1.29 is 59.0 Å². The van der Waals surface area contributed by atoms with Crippen molar-refractivity contribution in [3.8, 4) is 0 Å². The molecule has 0 aliphatic rings. The van der Waals surface area contributed by atoms with E-state index in [0.29, 0.717) is 0 Å². The van der Waals surface area contributed by atoms with Gasteiger partial charge in [0.05, 0.1) is 0 Å². The molecular formula is C8H20O4Tb. The molecule has 4 nitrogen and oxygen atoms in total. The first kappa shape index (κ1) is 29.2. The zero-order valence-electron chi connectivity index (χ0n) is 8.79. The van der Waals surface area contributed by atoms with Crippen LogP contribution in [0.1, 0.15) is 27.7 Å². The van der Waals surface area contributed by atoms with E-state index in [1.54, 1.807) is 27.7 Å². The van der Waals surface area contributed by atoms with Crippen LogP contribution in [0.25, 0.3) is 0 Å². The summed E-state index contributed by atoms with van der Waals surface area (Å²) in [6.45, 7) is 6.28. The van der Waals surface area contributed by atoms with Crippen molar-refractivity contribution >= 4 is 0 Å². The number of rotatable bonds is 0. The van der Waals surface area contributed by atoms with Gasteiger partial charge in [-0.15, -0.1) is 26.4 Å². The van der Waals surface area contributed by atoms with Gasteiger partial charge in [0.15, 0.2) is 0 Å². The first-order valence-corrected chi connectivity index (χ1v) is 3.98. The van der Waals surface area contributed by atoms with Crippen molar-refractivity contribution in [3.63, 3.8) is 0 Å². The molecule has 0 amide bonds. The van der Waals surface area contributed by atoms with E-state index in [0.717, 1.165) is 0 Å². The van der Waals surface area contributed by atoms with Crippen molar-refractivity contribution in [2.45, 2.75) is 27.7 Å². The number of hydrogen-bond donors (Lipinski definition) is 0. The minimum atomic E-state index is 0. The average molecular weight is 339 g/mol. The topological polar surface area (TPSA) is 92.2 Å². The van der Waals surface area contributed by atoms with Gasteiger partial charge in [-0.2, -0.15) is 0 Å². The Morgan fingerprint density at radius 1 is 0.538 bits per heavy atom. The van der Waals surface area contributed by atoms with Crippen LogP contribution in [0.3, 0.4) is 0 Å². The van der Waals surface area contributed by atoms with E-state index in [9.17, 15) is 0 Å². The first-order chi connectivity index (χ1) is 5.66. The van der Waals surface area contributed by atoms with Gasteiger partial charge in [-0.3, -0.25) is 0 Å². The maximum Gasteiger partial charge on any atom is 4.00 e. The van der Waals surface area contributed by atoms with Crippen molar-refractivity contribution in [1.82, 2.24) is 0 Å². The Bertz CT molecular complexity index is 24.1. The molecule has 0 atom stereocenters. The Balaban J connectivity index is -0.0000000213. The Morgan fingerprint density at radius 3 is 0.538 bits per heavy atom. The van der Waals surface area contributed by atoms with Crippen LogP contribution >= 0.6 is 0 Å². The van der Waals surface area contributed by atoms with Crippen LogP contribution in [0.2, 0.25) is 0 Å². The largest absolute Gasteiger partial charge is 4.00 e. The Hall–Kier alpha value is 1.13. The third kappa shape index (κ3) is 1280. The van der Waals surface area contributed by atoms with Crippen LogP contribution in [-0.4, -0.2) is 26.4 Å². The summed E-state index contributed by atoms with van der Waals surface area (Å²) in [7, 11) is 0. The van der Waals surface area contributed by atoms with Gasteiger partial charge in [0.25, 0.3) is 0 Å².